The highest BCUT2D eigenvalue weighted by Crippen LogP contribution is 2.37. The normalized spacial score (nSPS) is 15.4. The van der Waals surface area contributed by atoms with Gasteiger partial charge in [0.2, 0.25) is 0 Å². The third-order valence-electron chi connectivity index (χ3n) is 6.05. The summed E-state index contributed by atoms with van der Waals surface area (Å²) in [5.41, 5.74) is 0.524. The van der Waals surface area contributed by atoms with Gasteiger partial charge in [-0.25, -0.2) is 25.5 Å². The first kappa shape index (κ1) is 26.6. The molecule has 37 heavy (non-hydrogen) atoms. The number of aryl methyl sites for hydroxylation is 1. The average molecular weight is 549 g/mol. The number of amides is 1. The molecule has 3 aromatic carbocycles. The Morgan fingerprint density at radius 2 is 1.86 bits per heavy atom. The fourth-order valence-electron chi connectivity index (χ4n) is 3.98. The first-order valence-corrected chi connectivity index (χ1v) is 14.4. The first-order valence-electron chi connectivity index (χ1n) is 11.3. The van der Waals surface area contributed by atoms with Crippen LogP contribution in [0.3, 0.4) is 0 Å². The smallest absolute Gasteiger partial charge is 0.271 e. The van der Waals surface area contributed by atoms with Gasteiger partial charge in [0.25, 0.3) is 15.9 Å². The number of carbonyl (C=O) groups is 1. The number of ether oxygens (including phenoxy) is 1. The Morgan fingerprint density at radius 1 is 1.16 bits per heavy atom. The summed E-state index contributed by atoms with van der Waals surface area (Å²) in [6, 6.07) is 13.0. The van der Waals surface area contributed by atoms with Crippen LogP contribution in [0.5, 0.6) is 5.75 Å². The number of benzene rings is 3. The molecule has 2 N–H and O–H groups in total. The van der Waals surface area contributed by atoms with Crippen LogP contribution in [0.1, 0.15) is 34.5 Å². The summed E-state index contributed by atoms with van der Waals surface area (Å²) in [7, 11) is -7.51. The van der Waals surface area contributed by atoms with Crippen molar-refractivity contribution >= 4 is 31.5 Å². The summed E-state index contributed by atoms with van der Waals surface area (Å²) in [6.45, 7) is 2.21. The van der Waals surface area contributed by atoms with Crippen LogP contribution < -0.4 is 14.4 Å². The molecule has 1 heterocycles. The number of nitrogens with one attached hydrogen (secondary N) is 1. The number of hydrogen-bond donors (Lipinski definition) is 2. The lowest BCUT2D eigenvalue weighted by Gasteiger charge is -2.31. The average Bonchev–Trinajstić information content (AvgIpc) is 2.87. The van der Waals surface area contributed by atoms with Crippen LogP contribution in [0.2, 0.25) is 0 Å². The fourth-order valence-corrected chi connectivity index (χ4v) is 6.54. The molecule has 1 aliphatic rings. The molecule has 0 bridgehead atoms. The van der Waals surface area contributed by atoms with E-state index in [0.717, 1.165) is 10.4 Å². The van der Waals surface area contributed by atoms with E-state index in [4.69, 9.17) is 4.74 Å². The van der Waals surface area contributed by atoms with E-state index in [-0.39, 0.29) is 32.5 Å². The number of aliphatic hydroxyl groups excluding tert-OH is 1. The molecule has 0 fully saturated rings. The number of sulfonamides is 1. The van der Waals surface area contributed by atoms with Crippen molar-refractivity contribution in [1.29, 1.82) is 0 Å². The summed E-state index contributed by atoms with van der Waals surface area (Å²) in [5, 5.41) is 12.4. The zero-order valence-corrected chi connectivity index (χ0v) is 21.6. The van der Waals surface area contributed by atoms with Crippen molar-refractivity contribution in [2.45, 2.75) is 29.7 Å². The van der Waals surface area contributed by atoms with E-state index in [9.17, 15) is 26.7 Å². The number of fused-ring (bicyclic) bond motifs is 1. The van der Waals surface area contributed by atoms with E-state index >= 15 is 4.39 Å². The second-order valence-electron chi connectivity index (χ2n) is 8.38. The minimum absolute atomic E-state index is 0.0500. The van der Waals surface area contributed by atoms with Crippen LogP contribution in [0.4, 0.5) is 10.1 Å². The van der Waals surface area contributed by atoms with Crippen molar-refractivity contribution in [3.05, 3.63) is 83.2 Å². The van der Waals surface area contributed by atoms with Crippen molar-refractivity contribution in [2.24, 2.45) is 0 Å². The Balaban J connectivity index is 1.55. The molecule has 12 heteroatoms. The minimum atomic E-state index is -4.11. The molecule has 1 amide bonds. The molecule has 0 unspecified atom stereocenters. The third-order valence-corrected chi connectivity index (χ3v) is 9.72. The standard InChI is InChI=1S/C25H25FN2O7S2/c1-3-36(31,32)19-10-7-17(8-11-19)21(14-29)27-25(30)18-9-12-22(20(26)13-18)28-15-35-23-6-4-5-16(2)24(23)37(28,33)34/h4-13,21,29H,3,14-15H2,1-2H3,(H,27,30)/t21-/m0/s1. The van der Waals surface area contributed by atoms with E-state index in [1.54, 1.807) is 19.1 Å². The fraction of sp³-hybridized carbons (Fsp3) is 0.240. The number of sulfone groups is 1. The monoisotopic (exact) mass is 548 g/mol. The summed E-state index contributed by atoms with van der Waals surface area (Å²) in [4.78, 5) is 12.9. The van der Waals surface area contributed by atoms with E-state index in [1.807, 2.05) is 0 Å². The van der Waals surface area contributed by atoms with Crippen molar-refractivity contribution in [3.63, 3.8) is 0 Å². The van der Waals surface area contributed by atoms with E-state index < -0.39 is 51.0 Å². The van der Waals surface area contributed by atoms with E-state index in [1.165, 1.54) is 49.4 Å². The number of carbonyl (C=O) groups excluding carboxylic acids is 1. The zero-order valence-electron chi connectivity index (χ0n) is 20.0. The minimum Gasteiger partial charge on any atom is -0.471 e. The van der Waals surface area contributed by atoms with Gasteiger partial charge in [0.1, 0.15) is 16.5 Å². The lowest BCUT2D eigenvalue weighted by Crippen LogP contribution is -2.39. The predicted octanol–water partition coefficient (Wildman–Crippen LogP) is 2.94. The quantitative estimate of drug-likeness (QED) is 0.464. The molecular formula is C25H25FN2O7S2. The molecular weight excluding hydrogens is 523 g/mol. The molecule has 9 nitrogen and oxygen atoms in total. The van der Waals surface area contributed by atoms with Gasteiger partial charge in [0.05, 0.1) is 29.0 Å². The van der Waals surface area contributed by atoms with Crippen LogP contribution in [-0.4, -0.2) is 46.9 Å². The highest BCUT2D eigenvalue weighted by atomic mass is 32.2. The van der Waals surface area contributed by atoms with Crippen molar-refractivity contribution in [2.75, 3.05) is 23.4 Å². The third kappa shape index (κ3) is 5.04. The van der Waals surface area contributed by atoms with Gasteiger partial charge in [0, 0.05) is 5.56 Å². The van der Waals surface area contributed by atoms with Crippen LogP contribution >= 0.6 is 0 Å². The first-order chi connectivity index (χ1) is 17.5. The van der Waals surface area contributed by atoms with Crippen molar-refractivity contribution in [3.8, 4) is 5.75 Å². The Morgan fingerprint density at radius 3 is 2.49 bits per heavy atom. The SMILES string of the molecule is CCS(=O)(=O)c1ccc([C@H](CO)NC(=O)c2ccc(N3COc4cccc(C)c4S3(=O)=O)c(F)c2)cc1. The maximum Gasteiger partial charge on any atom is 0.271 e. The van der Waals surface area contributed by atoms with Gasteiger partial charge in [-0.15, -0.1) is 0 Å². The highest BCUT2D eigenvalue weighted by Gasteiger charge is 2.36. The molecule has 0 saturated heterocycles. The molecule has 0 saturated carbocycles. The topological polar surface area (TPSA) is 130 Å². The Kier molecular flexibility index (Phi) is 7.27. The molecule has 3 aromatic rings. The maximum atomic E-state index is 15.1. The molecule has 0 radical (unpaired) electrons. The van der Waals surface area contributed by atoms with Gasteiger partial charge in [-0.2, -0.15) is 0 Å². The van der Waals surface area contributed by atoms with Gasteiger partial charge < -0.3 is 15.2 Å². The molecule has 1 aliphatic heterocycles. The summed E-state index contributed by atoms with van der Waals surface area (Å²) < 4.78 is 71.8. The predicted molar refractivity (Wildman–Crippen MR) is 134 cm³/mol. The highest BCUT2D eigenvalue weighted by molar-refractivity contribution is 7.93. The van der Waals surface area contributed by atoms with Gasteiger partial charge in [-0.1, -0.05) is 31.2 Å². The molecule has 0 aromatic heterocycles. The molecule has 4 rings (SSSR count). The van der Waals surface area contributed by atoms with E-state index in [0.29, 0.717) is 11.1 Å². The van der Waals surface area contributed by atoms with Crippen LogP contribution in [0.25, 0.3) is 0 Å². The van der Waals surface area contributed by atoms with Crippen LogP contribution in [0, 0.1) is 12.7 Å². The zero-order chi connectivity index (χ0) is 27.0. The number of hydrogen-bond acceptors (Lipinski definition) is 7. The summed E-state index contributed by atoms with van der Waals surface area (Å²) in [5.74, 6) is -1.55. The van der Waals surface area contributed by atoms with Crippen LogP contribution in [-0.2, 0) is 19.9 Å². The number of nitrogens with zero attached hydrogens (tertiary/aromatic N) is 1. The van der Waals surface area contributed by atoms with Gasteiger partial charge >= 0.3 is 0 Å². The Labute approximate surface area is 214 Å². The molecule has 0 aliphatic carbocycles. The van der Waals surface area contributed by atoms with E-state index in [2.05, 4.69) is 5.32 Å². The summed E-state index contributed by atoms with van der Waals surface area (Å²) in [6.07, 6.45) is 0. The van der Waals surface area contributed by atoms with Gasteiger partial charge in [-0.3, -0.25) is 4.79 Å². The number of halogens is 1. The van der Waals surface area contributed by atoms with Gasteiger partial charge in [-0.05, 0) is 54.4 Å². The Bertz CT molecular complexity index is 1560. The molecule has 1 atom stereocenters. The largest absolute Gasteiger partial charge is 0.471 e. The number of rotatable bonds is 7. The second kappa shape index (κ2) is 10.1. The van der Waals surface area contributed by atoms with Crippen LogP contribution in [0.15, 0.2) is 70.5 Å². The lowest BCUT2D eigenvalue weighted by molar-refractivity contribution is 0.0915. The Hall–Kier alpha value is -3.48. The second-order valence-corrected chi connectivity index (χ2v) is 12.5. The molecule has 0 spiro atoms. The number of anilines is 1. The number of aliphatic hydroxyl groups is 1. The maximum absolute atomic E-state index is 15.1. The lowest BCUT2D eigenvalue weighted by atomic mass is 10.1. The summed E-state index contributed by atoms with van der Waals surface area (Å²) >= 11 is 0. The molecule has 196 valence electrons. The van der Waals surface area contributed by atoms with Crippen molar-refractivity contribution < 1.29 is 35.9 Å². The van der Waals surface area contributed by atoms with Gasteiger partial charge in [0.15, 0.2) is 16.6 Å². The van der Waals surface area contributed by atoms with Crippen molar-refractivity contribution in [1.82, 2.24) is 5.32 Å².